The van der Waals surface area contributed by atoms with Crippen LogP contribution in [0.4, 0.5) is 16.4 Å². The summed E-state index contributed by atoms with van der Waals surface area (Å²) in [6, 6.07) is 17.2. The average Bonchev–Trinajstić information content (AvgIpc) is 3.17. The van der Waals surface area contributed by atoms with Gasteiger partial charge in [-0.25, -0.2) is 8.42 Å². The van der Waals surface area contributed by atoms with Crippen LogP contribution in [0.1, 0.15) is 37.5 Å². The van der Waals surface area contributed by atoms with E-state index >= 15 is 0 Å². The zero-order valence-electron chi connectivity index (χ0n) is 20.8. The van der Waals surface area contributed by atoms with Crippen molar-refractivity contribution < 1.29 is 17.9 Å². The van der Waals surface area contributed by atoms with Crippen LogP contribution in [0.5, 0.6) is 5.75 Å². The Balaban J connectivity index is 1.91. The van der Waals surface area contributed by atoms with Crippen LogP contribution < -0.4 is 15.8 Å². The average molecular weight is 521 g/mol. The van der Waals surface area contributed by atoms with Crippen molar-refractivity contribution in [2.24, 2.45) is 0 Å². The number of ketones is 1. The lowest BCUT2D eigenvalue weighted by molar-refractivity contribution is 0.104. The van der Waals surface area contributed by atoms with Gasteiger partial charge in [0, 0.05) is 11.3 Å². The SMILES string of the molecule is COc1ccc(S(=O)(=O)c2c(Nc3c(C)cc(C)cc3C)sc(C(=O)c3ccc(C)cc3)c2N)cc1. The fraction of sp³-hybridized carbons (Fsp3) is 0.179. The lowest BCUT2D eigenvalue weighted by atomic mass is 10.1. The first-order valence-electron chi connectivity index (χ1n) is 11.3. The fourth-order valence-corrected chi connectivity index (χ4v) is 7.06. The molecule has 4 rings (SSSR count). The fourth-order valence-electron chi connectivity index (χ4n) is 4.15. The summed E-state index contributed by atoms with van der Waals surface area (Å²) < 4.78 is 32.9. The van der Waals surface area contributed by atoms with Gasteiger partial charge in [0.2, 0.25) is 15.6 Å². The van der Waals surface area contributed by atoms with Gasteiger partial charge in [0.1, 0.15) is 20.5 Å². The summed E-state index contributed by atoms with van der Waals surface area (Å²) in [5.41, 5.74) is 11.6. The zero-order chi connectivity index (χ0) is 26.2. The number of rotatable bonds is 7. The van der Waals surface area contributed by atoms with E-state index in [9.17, 15) is 13.2 Å². The lowest BCUT2D eigenvalue weighted by Crippen LogP contribution is -2.09. The van der Waals surface area contributed by atoms with E-state index in [0.29, 0.717) is 16.3 Å². The van der Waals surface area contributed by atoms with Crippen molar-refractivity contribution in [2.75, 3.05) is 18.2 Å². The summed E-state index contributed by atoms with van der Waals surface area (Å²) in [6.07, 6.45) is 0. The number of nitrogens with two attached hydrogens (primary N) is 1. The molecule has 0 atom stereocenters. The van der Waals surface area contributed by atoms with Crippen LogP contribution in [0.25, 0.3) is 0 Å². The van der Waals surface area contributed by atoms with Gasteiger partial charge in [-0.3, -0.25) is 4.79 Å². The van der Waals surface area contributed by atoms with Crippen molar-refractivity contribution in [3.8, 4) is 5.75 Å². The molecule has 0 saturated heterocycles. The summed E-state index contributed by atoms with van der Waals surface area (Å²) in [5, 5.41) is 3.59. The largest absolute Gasteiger partial charge is 0.497 e. The van der Waals surface area contributed by atoms with Crippen molar-refractivity contribution in [3.63, 3.8) is 0 Å². The third kappa shape index (κ3) is 4.74. The second kappa shape index (κ2) is 9.79. The number of nitrogens with one attached hydrogen (secondary N) is 1. The molecule has 0 aliphatic carbocycles. The smallest absolute Gasteiger partial charge is 0.211 e. The Hall–Kier alpha value is -3.62. The van der Waals surface area contributed by atoms with E-state index < -0.39 is 9.84 Å². The molecule has 8 heteroatoms. The first-order chi connectivity index (χ1) is 17.0. The highest BCUT2D eigenvalue weighted by molar-refractivity contribution is 7.92. The number of aryl methyl sites for hydroxylation is 4. The topological polar surface area (TPSA) is 98.5 Å². The van der Waals surface area contributed by atoms with Gasteiger partial charge in [-0.1, -0.05) is 47.5 Å². The number of carbonyl (C=O) groups excluding carboxylic acids is 1. The number of sulfone groups is 1. The number of nitrogen functional groups attached to an aromatic ring is 1. The number of hydrogen-bond donors (Lipinski definition) is 2. The maximum atomic E-state index is 13.8. The van der Waals surface area contributed by atoms with Gasteiger partial charge in [0.15, 0.2) is 0 Å². The number of carbonyl (C=O) groups is 1. The minimum Gasteiger partial charge on any atom is -0.497 e. The van der Waals surface area contributed by atoms with Crippen LogP contribution >= 0.6 is 11.3 Å². The molecule has 0 saturated carbocycles. The van der Waals surface area contributed by atoms with Crippen molar-refractivity contribution >= 4 is 43.3 Å². The Labute approximate surface area is 215 Å². The number of ether oxygens (including phenoxy) is 1. The molecular weight excluding hydrogens is 492 g/mol. The minimum atomic E-state index is -4.07. The number of methoxy groups -OCH3 is 1. The predicted molar refractivity (Wildman–Crippen MR) is 146 cm³/mol. The molecule has 0 aliphatic heterocycles. The van der Waals surface area contributed by atoms with Gasteiger partial charge in [-0.2, -0.15) is 0 Å². The molecule has 4 aromatic rings. The van der Waals surface area contributed by atoms with Crippen LogP contribution in [0, 0.1) is 27.7 Å². The predicted octanol–water partition coefficient (Wildman–Crippen LogP) is 6.38. The van der Waals surface area contributed by atoms with Crippen LogP contribution in [0.2, 0.25) is 0 Å². The molecule has 6 nitrogen and oxygen atoms in total. The third-order valence-corrected chi connectivity index (χ3v) is 9.08. The summed E-state index contributed by atoms with van der Waals surface area (Å²) in [5.74, 6) is 0.209. The first kappa shape index (κ1) is 25.5. The summed E-state index contributed by atoms with van der Waals surface area (Å²) in [4.78, 5) is 13.5. The standard InChI is InChI=1S/C28H28N2O4S2/c1-16-6-8-20(9-7-16)25(31)26-23(29)27(36(32,33)22-12-10-21(34-5)11-13-22)28(35-26)30-24-18(3)14-17(2)15-19(24)4/h6-15,30H,29H2,1-5H3. The van der Waals surface area contributed by atoms with Crippen LogP contribution in [-0.2, 0) is 9.84 Å². The number of thiophene rings is 1. The number of hydrogen-bond acceptors (Lipinski definition) is 7. The summed E-state index contributed by atoms with van der Waals surface area (Å²) in [7, 11) is -2.55. The van der Waals surface area contributed by atoms with E-state index in [1.165, 1.54) is 19.2 Å². The molecule has 3 aromatic carbocycles. The van der Waals surface area contributed by atoms with Crippen LogP contribution in [-0.4, -0.2) is 21.3 Å². The molecule has 0 bridgehead atoms. The monoisotopic (exact) mass is 520 g/mol. The molecule has 1 heterocycles. The quantitative estimate of drug-likeness (QED) is 0.274. The molecule has 186 valence electrons. The number of benzene rings is 3. The van der Waals surface area contributed by atoms with Crippen molar-refractivity contribution in [1.29, 1.82) is 0 Å². The Morgan fingerprint density at radius 2 is 1.47 bits per heavy atom. The summed E-state index contributed by atoms with van der Waals surface area (Å²) >= 11 is 1.05. The molecule has 1 aromatic heterocycles. The van der Waals surface area contributed by atoms with Gasteiger partial charge < -0.3 is 15.8 Å². The highest BCUT2D eigenvalue weighted by Crippen LogP contribution is 2.45. The number of anilines is 3. The van der Waals surface area contributed by atoms with Gasteiger partial charge in [0.25, 0.3) is 0 Å². The molecule has 0 radical (unpaired) electrons. The first-order valence-corrected chi connectivity index (χ1v) is 13.6. The Morgan fingerprint density at radius 3 is 2.03 bits per heavy atom. The van der Waals surface area contributed by atoms with Gasteiger partial charge in [0.05, 0.1) is 17.7 Å². The van der Waals surface area contributed by atoms with Crippen molar-refractivity contribution in [3.05, 3.63) is 93.4 Å². The molecule has 0 spiro atoms. The highest BCUT2D eigenvalue weighted by Gasteiger charge is 2.32. The minimum absolute atomic E-state index is 0.0579. The second-order valence-corrected chi connectivity index (χ2v) is 11.7. The Morgan fingerprint density at radius 1 is 0.889 bits per heavy atom. The second-order valence-electron chi connectivity index (χ2n) is 8.78. The van der Waals surface area contributed by atoms with E-state index in [-0.39, 0.29) is 26.1 Å². The normalized spacial score (nSPS) is 11.4. The van der Waals surface area contributed by atoms with E-state index in [2.05, 4.69) is 5.32 Å². The van der Waals surface area contributed by atoms with Gasteiger partial charge in [-0.15, -0.1) is 11.3 Å². The van der Waals surface area contributed by atoms with E-state index in [0.717, 1.165) is 39.3 Å². The van der Waals surface area contributed by atoms with E-state index in [1.54, 1.807) is 24.3 Å². The van der Waals surface area contributed by atoms with Gasteiger partial charge in [-0.05, 0) is 63.1 Å². The maximum Gasteiger partial charge on any atom is 0.211 e. The van der Waals surface area contributed by atoms with E-state index in [1.807, 2.05) is 52.0 Å². The molecule has 36 heavy (non-hydrogen) atoms. The molecule has 0 unspecified atom stereocenters. The lowest BCUT2D eigenvalue weighted by Gasteiger charge is -2.15. The Bertz CT molecular complexity index is 1530. The Kier molecular flexibility index (Phi) is 6.93. The molecular formula is C28H28N2O4S2. The van der Waals surface area contributed by atoms with Crippen molar-refractivity contribution in [2.45, 2.75) is 37.5 Å². The van der Waals surface area contributed by atoms with Crippen LogP contribution in [0.15, 0.2) is 70.5 Å². The van der Waals surface area contributed by atoms with Crippen LogP contribution in [0.3, 0.4) is 0 Å². The molecule has 0 aliphatic rings. The third-order valence-electron chi connectivity index (χ3n) is 5.97. The maximum absolute atomic E-state index is 13.8. The summed E-state index contributed by atoms with van der Waals surface area (Å²) in [6.45, 7) is 7.84. The zero-order valence-corrected chi connectivity index (χ0v) is 22.4. The van der Waals surface area contributed by atoms with Crippen molar-refractivity contribution in [1.82, 2.24) is 0 Å². The van der Waals surface area contributed by atoms with E-state index in [4.69, 9.17) is 10.5 Å². The van der Waals surface area contributed by atoms with Gasteiger partial charge >= 0.3 is 0 Å². The molecule has 0 amide bonds. The molecule has 0 fully saturated rings. The highest BCUT2D eigenvalue weighted by atomic mass is 32.2. The molecule has 3 N–H and O–H groups in total.